The first-order valence-electron chi connectivity index (χ1n) is 9.18. The van der Waals surface area contributed by atoms with Crippen molar-refractivity contribution in [2.75, 3.05) is 32.2 Å². The molecule has 3 heterocycles. The lowest BCUT2D eigenvalue weighted by atomic mass is 10.2. The lowest BCUT2D eigenvalue weighted by Crippen LogP contribution is -2.26. The van der Waals surface area contributed by atoms with E-state index in [2.05, 4.69) is 20.6 Å². The fraction of sp³-hybridized carbons (Fsp3) is 0.421. The van der Waals surface area contributed by atoms with Gasteiger partial charge in [-0.05, 0) is 25.5 Å². The third-order valence-electron chi connectivity index (χ3n) is 4.64. The van der Waals surface area contributed by atoms with Crippen LogP contribution >= 0.6 is 0 Å². The molecule has 3 aromatic rings. The number of methoxy groups -OCH3 is 1. The van der Waals surface area contributed by atoms with Crippen LogP contribution in [0.1, 0.15) is 13.3 Å². The molecule has 2 N–H and O–H groups in total. The molecule has 1 aliphatic heterocycles. The number of imidazole rings is 1. The summed E-state index contributed by atoms with van der Waals surface area (Å²) in [6, 6.07) is 6.53. The smallest absolute Gasteiger partial charge is 0.159 e. The van der Waals surface area contributed by atoms with Crippen molar-refractivity contribution >= 4 is 16.9 Å². The van der Waals surface area contributed by atoms with E-state index in [1.165, 1.54) is 0 Å². The van der Waals surface area contributed by atoms with E-state index in [9.17, 15) is 0 Å². The quantitative estimate of drug-likeness (QED) is 0.660. The Morgan fingerprint density at radius 2 is 2.26 bits per heavy atom. The number of benzene rings is 1. The normalized spacial score (nSPS) is 19.5. The van der Waals surface area contributed by atoms with Crippen molar-refractivity contribution in [3.8, 4) is 11.6 Å². The van der Waals surface area contributed by atoms with E-state index in [-0.39, 0.29) is 0 Å². The van der Waals surface area contributed by atoms with Crippen molar-refractivity contribution in [3.05, 3.63) is 36.9 Å². The molecule has 8 heteroatoms. The minimum Gasteiger partial charge on any atom is -0.494 e. The van der Waals surface area contributed by atoms with Gasteiger partial charge in [-0.25, -0.2) is 9.97 Å². The van der Waals surface area contributed by atoms with Crippen LogP contribution in [0.4, 0.5) is 5.82 Å². The highest BCUT2D eigenvalue weighted by atomic mass is 16.5. The molecule has 27 heavy (non-hydrogen) atoms. The molecule has 4 rings (SSSR count). The Morgan fingerprint density at radius 1 is 1.33 bits per heavy atom. The summed E-state index contributed by atoms with van der Waals surface area (Å²) in [5.41, 5.74) is 1.83. The van der Waals surface area contributed by atoms with E-state index in [0.717, 1.165) is 41.4 Å². The molecule has 8 nitrogen and oxygen atoms in total. The van der Waals surface area contributed by atoms with Crippen molar-refractivity contribution in [2.24, 2.45) is 0 Å². The number of ether oxygens (including phenoxy) is 2. The Balaban J connectivity index is 1.56. The molecule has 0 aliphatic carbocycles. The van der Waals surface area contributed by atoms with Gasteiger partial charge in [-0.1, -0.05) is 0 Å². The number of nitrogens with one attached hydrogen (secondary N) is 2. The predicted octanol–water partition coefficient (Wildman–Crippen LogP) is 2.00. The van der Waals surface area contributed by atoms with E-state index in [1.54, 1.807) is 25.8 Å². The molecule has 0 saturated carbocycles. The Kier molecular flexibility index (Phi) is 5.17. The highest BCUT2D eigenvalue weighted by Gasteiger charge is 2.24. The molecule has 2 atom stereocenters. The van der Waals surface area contributed by atoms with Crippen LogP contribution in [0.15, 0.2) is 36.9 Å². The largest absolute Gasteiger partial charge is 0.494 e. The molecular weight excluding hydrogens is 344 g/mol. The van der Waals surface area contributed by atoms with E-state index in [4.69, 9.17) is 14.5 Å². The molecule has 1 unspecified atom stereocenters. The van der Waals surface area contributed by atoms with Crippen LogP contribution in [0, 0.1) is 0 Å². The molecule has 0 radical (unpaired) electrons. The van der Waals surface area contributed by atoms with Crippen molar-refractivity contribution < 1.29 is 9.47 Å². The van der Waals surface area contributed by atoms with Gasteiger partial charge in [-0.2, -0.15) is 0 Å². The highest BCUT2D eigenvalue weighted by Crippen LogP contribution is 2.23. The SMILES string of the molecule is CCOc1ccc2ncn(-c3cncc(NC4CN[C@H](COC)C4)n3)c2c1. The summed E-state index contributed by atoms with van der Waals surface area (Å²) in [6.45, 7) is 4.19. The first-order chi connectivity index (χ1) is 13.3. The van der Waals surface area contributed by atoms with Crippen molar-refractivity contribution in [3.63, 3.8) is 0 Å². The molecule has 0 bridgehead atoms. The van der Waals surface area contributed by atoms with Gasteiger partial charge < -0.3 is 20.1 Å². The average Bonchev–Trinajstić information content (AvgIpc) is 3.29. The lowest BCUT2D eigenvalue weighted by molar-refractivity contribution is 0.173. The number of rotatable bonds is 7. The molecule has 1 aliphatic rings. The molecule has 1 saturated heterocycles. The van der Waals surface area contributed by atoms with Crippen molar-refractivity contribution in [1.29, 1.82) is 0 Å². The predicted molar refractivity (Wildman–Crippen MR) is 104 cm³/mol. The summed E-state index contributed by atoms with van der Waals surface area (Å²) in [5.74, 6) is 2.28. The Hall–Kier alpha value is -2.71. The molecule has 0 spiro atoms. The highest BCUT2D eigenvalue weighted by molar-refractivity contribution is 5.78. The minimum absolute atomic E-state index is 0.304. The summed E-state index contributed by atoms with van der Waals surface area (Å²) < 4.78 is 12.8. The number of nitrogens with zero attached hydrogens (tertiary/aromatic N) is 4. The van der Waals surface area contributed by atoms with Crippen LogP contribution in [0.5, 0.6) is 5.75 Å². The maximum absolute atomic E-state index is 5.61. The molecule has 1 aromatic carbocycles. The number of fused-ring (bicyclic) bond motifs is 1. The Labute approximate surface area is 157 Å². The Bertz CT molecular complexity index is 912. The number of hydrogen-bond acceptors (Lipinski definition) is 7. The average molecular weight is 368 g/mol. The Morgan fingerprint density at radius 3 is 3.11 bits per heavy atom. The molecular formula is C19H24N6O2. The van der Waals surface area contributed by atoms with Crippen LogP contribution in [0.3, 0.4) is 0 Å². The topological polar surface area (TPSA) is 86.1 Å². The van der Waals surface area contributed by atoms with Crippen LogP contribution in [0.2, 0.25) is 0 Å². The molecule has 0 amide bonds. The maximum atomic E-state index is 5.61. The number of hydrogen-bond donors (Lipinski definition) is 2. The molecule has 1 fully saturated rings. The number of anilines is 1. The summed E-state index contributed by atoms with van der Waals surface area (Å²) in [4.78, 5) is 13.5. The first-order valence-corrected chi connectivity index (χ1v) is 9.18. The van der Waals surface area contributed by atoms with Crippen LogP contribution in [0.25, 0.3) is 16.9 Å². The minimum atomic E-state index is 0.304. The van der Waals surface area contributed by atoms with Gasteiger partial charge in [0, 0.05) is 31.8 Å². The third-order valence-corrected chi connectivity index (χ3v) is 4.64. The van der Waals surface area contributed by atoms with Gasteiger partial charge in [0.1, 0.15) is 17.9 Å². The van der Waals surface area contributed by atoms with Gasteiger partial charge in [-0.15, -0.1) is 0 Å². The van der Waals surface area contributed by atoms with Gasteiger partial charge in [-0.3, -0.25) is 9.55 Å². The van der Waals surface area contributed by atoms with Gasteiger partial charge in [0.15, 0.2) is 5.82 Å². The summed E-state index contributed by atoms with van der Waals surface area (Å²) in [5, 5.41) is 6.91. The van der Waals surface area contributed by atoms with Gasteiger partial charge >= 0.3 is 0 Å². The second-order valence-corrected chi connectivity index (χ2v) is 6.60. The zero-order valence-corrected chi connectivity index (χ0v) is 15.6. The molecule has 142 valence electrons. The van der Waals surface area contributed by atoms with Gasteiger partial charge in [0.05, 0.1) is 36.6 Å². The second kappa shape index (κ2) is 7.89. The number of aromatic nitrogens is 4. The van der Waals surface area contributed by atoms with E-state index >= 15 is 0 Å². The van der Waals surface area contributed by atoms with E-state index < -0.39 is 0 Å². The van der Waals surface area contributed by atoms with E-state index in [1.807, 2.05) is 29.7 Å². The molecule has 2 aromatic heterocycles. The fourth-order valence-electron chi connectivity index (χ4n) is 3.43. The van der Waals surface area contributed by atoms with E-state index in [0.29, 0.717) is 25.3 Å². The van der Waals surface area contributed by atoms with Crippen molar-refractivity contribution in [2.45, 2.75) is 25.4 Å². The van der Waals surface area contributed by atoms with Gasteiger partial charge in [0.25, 0.3) is 0 Å². The van der Waals surface area contributed by atoms with Crippen LogP contribution < -0.4 is 15.4 Å². The summed E-state index contributed by atoms with van der Waals surface area (Å²) in [7, 11) is 1.73. The fourth-order valence-corrected chi connectivity index (χ4v) is 3.43. The van der Waals surface area contributed by atoms with Gasteiger partial charge in [0.2, 0.25) is 0 Å². The summed E-state index contributed by atoms with van der Waals surface area (Å²) >= 11 is 0. The summed E-state index contributed by atoms with van der Waals surface area (Å²) in [6.07, 6.45) is 6.24. The third kappa shape index (κ3) is 3.86. The van der Waals surface area contributed by atoms with Crippen LogP contribution in [-0.2, 0) is 4.74 Å². The standard InChI is InChI=1S/C19H24N6O2/c1-3-27-15-4-5-16-17(7-15)25(12-22-16)19-10-20-9-18(24-19)23-13-6-14(11-26-2)21-8-13/h4-5,7,9-10,12-14,21H,3,6,8,11H2,1-2H3,(H,23,24)/t13?,14-/m0/s1. The second-order valence-electron chi connectivity index (χ2n) is 6.60. The zero-order chi connectivity index (χ0) is 18.6. The lowest BCUT2D eigenvalue weighted by Gasteiger charge is -2.13. The van der Waals surface area contributed by atoms with Crippen LogP contribution in [-0.4, -0.2) is 58.5 Å². The first kappa shape index (κ1) is 17.7. The maximum Gasteiger partial charge on any atom is 0.159 e. The van der Waals surface area contributed by atoms with Crippen molar-refractivity contribution in [1.82, 2.24) is 24.8 Å². The zero-order valence-electron chi connectivity index (χ0n) is 15.6. The monoisotopic (exact) mass is 368 g/mol.